The molecule has 1 aromatic carbocycles. The molecular weight excluding hydrogens is 268 g/mol. The number of nitrogens with zero attached hydrogens (tertiary/aromatic N) is 1. The molecule has 0 aliphatic carbocycles. The third-order valence-electron chi connectivity index (χ3n) is 3.10. The maximum Gasteiger partial charge on any atom is 0.226 e. The number of aromatic amines is 1. The molecule has 0 unspecified atom stereocenters. The maximum absolute atomic E-state index is 11.8. The van der Waals surface area contributed by atoms with E-state index >= 15 is 0 Å². The normalized spacial score (nSPS) is 10.5. The van der Waals surface area contributed by atoms with Crippen LogP contribution >= 0.6 is 0 Å². The van der Waals surface area contributed by atoms with Crippen molar-refractivity contribution in [3.05, 3.63) is 24.3 Å². The van der Waals surface area contributed by atoms with Crippen molar-refractivity contribution in [3.8, 4) is 0 Å². The van der Waals surface area contributed by atoms with Gasteiger partial charge in [-0.05, 0) is 25.0 Å². The lowest BCUT2D eigenvalue weighted by atomic mass is 10.2. The van der Waals surface area contributed by atoms with Gasteiger partial charge in [-0.3, -0.25) is 14.9 Å². The van der Waals surface area contributed by atoms with E-state index in [9.17, 15) is 9.59 Å². The van der Waals surface area contributed by atoms with E-state index in [1.807, 2.05) is 24.3 Å². The summed E-state index contributed by atoms with van der Waals surface area (Å²) in [5.41, 5.74) is 1.74. The van der Waals surface area contributed by atoms with E-state index in [0.717, 1.165) is 30.3 Å². The lowest BCUT2D eigenvalue weighted by Gasteiger charge is -2.03. The number of benzene rings is 1. The van der Waals surface area contributed by atoms with Crippen molar-refractivity contribution in [1.82, 2.24) is 15.3 Å². The molecule has 2 aromatic rings. The highest BCUT2D eigenvalue weighted by Gasteiger charge is 2.06. The molecular formula is C15H20N4O2. The molecule has 0 aliphatic heterocycles. The summed E-state index contributed by atoms with van der Waals surface area (Å²) in [4.78, 5) is 29.8. The standard InChI is InChI=1S/C15H20N4O2/c1-11(20)16-10-6-2-3-9-14(21)19-15-17-12-7-4-5-8-13(12)18-15/h4-5,7-8H,2-3,6,9-10H2,1H3,(H,16,20)(H2,17,18,19,21). The minimum Gasteiger partial charge on any atom is -0.356 e. The molecule has 1 aromatic heterocycles. The molecule has 2 amide bonds. The van der Waals surface area contributed by atoms with E-state index in [-0.39, 0.29) is 11.8 Å². The first-order valence-corrected chi connectivity index (χ1v) is 7.14. The second-order valence-corrected chi connectivity index (χ2v) is 4.94. The average Bonchev–Trinajstić information content (AvgIpc) is 2.84. The molecule has 112 valence electrons. The predicted molar refractivity (Wildman–Crippen MR) is 81.9 cm³/mol. The van der Waals surface area contributed by atoms with Crippen LogP contribution in [0.4, 0.5) is 5.95 Å². The Balaban J connectivity index is 1.68. The van der Waals surface area contributed by atoms with Gasteiger partial charge in [-0.2, -0.15) is 0 Å². The van der Waals surface area contributed by atoms with Crippen LogP contribution in [-0.2, 0) is 9.59 Å². The Labute approximate surface area is 123 Å². The molecule has 0 fully saturated rings. The fourth-order valence-corrected chi connectivity index (χ4v) is 2.06. The number of H-pyrrole nitrogens is 1. The number of carbonyl (C=O) groups excluding carboxylic acids is 2. The largest absolute Gasteiger partial charge is 0.356 e. The van der Waals surface area contributed by atoms with Crippen LogP contribution in [0.15, 0.2) is 24.3 Å². The molecule has 0 aliphatic rings. The van der Waals surface area contributed by atoms with E-state index in [1.54, 1.807) is 0 Å². The van der Waals surface area contributed by atoms with Crippen LogP contribution < -0.4 is 10.6 Å². The van der Waals surface area contributed by atoms with Gasteiger partial charge in [0.25, 0.3) is 0 Å². The van der Waals surface area contributed by atoms with Gasteiger partial charge in [-0.15, -0.1) is 0 Å². The van der Waals surface area contributed by atoms with Gasteiger partial charge >= 0.3 is 0 Å². The zero-order valence-corrected chi connectivity index (χ0v) is 12.1. The van der Waals surface area contributed by atoms with Crippen molar-refractivity contribution in [3.63, 3.8) is 0 Å². The average molecular weight is 288 g/mol. The number of fused-ring (bicyclic) bond motifs is 1. The number of aromatic nitrogens is 2. The number of rotatable bonds is 7. The van der Waals surface area contributed by atoms with Crippen molar-refractivity contribution in [1.29, 1.82) is 0 Å². The van der Waals surface area contributed by atoms with Crippen LogP contribution in [0.1, 0.15) is 32.6 Å². The number of hydrogen-bond donors (Lipinski definition) is 3. The second kappa shape index (κ2) is 7.42. The van der Waals surface area contributed by atoms with Crippen LogP contribution in [0.2, 0.25) is 0 Å². The Kier molecular flexibility index (Phi) is 5.31. The van der Waals surface area contributed by atoms with Crippen molar-refractivity contribution >= 4 is 28.8 Å². The van der Waals surface area contributed by atoms with Gasteiger partial charge in [-0.25, -0.2) is 4.98 Å². The molecule has 2 rings (SSSR count). The second-order valence-electron chi connectivity index (χ2n) is 4.94. The third-order valence-corrected chi connectivity index (χ3v) is 3.10. The number of unbranched alkanes of at least 4 members (excludes halogenated alkanes) is 2. The number of para-hydroxylation sites is 2. The highest BCUT2D eigenvalue weighted by molar-refractivity contribution is 5.90. The molecule has 1 heterocycles. The Hall–Kier alpha value is -2.37. The van der Waals surface area contributed by atoms with Crippen molar-refractivity contribution < 1.29 is 9.59 Å². The smallest absolute Gasteiger partial charge is 0.226 e. The topological polar surface area (TPSA) is 86.9 Å². The first-order valence-electron chi connectivity index (χ1n) is 7.14. The molecule has 21 heavy (non-hydrogen) atoms. The number of amides is 2. The van der Waals surface area contributed by atoms with Gasteiger partial charge in [0.15, 0.2) is 0 Å². The van der Waals surface area contributed by atoms with Crippen molar-refractivity contribution in [2.24, 2.45) is 0 Å². The molecule has 6 nitrogen and oxygen atoms in total. The number of imidazole rings is 1. The molecule has 0 saturated heterocycles. The quantitative estimate of drug-likeness (QED) is 0.683. The number of carbonyl (C=O) groups is 2. The summed E-state index contributed by atoms with van der Waals surface area (Å²) in [6.45, 7) is 2.17. The van der Waals surface area contributed by atoms with Gasteiger partial charge in [-0.1, -0.05) is 18.6 Å². The summed E-state index contributed by atoms with van der Waals surface area (Å²) in [6, 6.07) is 7.63. The van der Waals surface area contributed by atoms with Crippen LogP contribution in [-0.4, -0.2) is 28.3 Å². The SMILES string of the molecule is CC(=O)NCCCCCC(=O)Nc1nc2ccccc2[nH]1. The van der Waals surface area contributed by atoms with E-state index < -0.39 is 0 Å². The predicted octanol–water partition coefficient (Wildman–Crippen LogP) is 2.20. The molecule has 6 heteroatoms. The Morgan fingerprint density at radius 3 is 2.76 bits per heavy atom. The van der Waals surface area contributed by atoms with Gasteiger partial charge in [0.05, 0.1) is 11.0 Å². The first kappa shape index (κ1) is 15.0. The third kappa shape index (κ3) is 4.91. The molecule has 3 N–H and O–H groups in total. The van der Waals surface area contributed by atoms with E-state index in [0.29, 0.717) is 18.9 Å². The lowest BCUT2D eigenvalue weighted by molar-refractivity contribution is -0.119. The summed E-state index contributed by atoms with van der Waals surface area (Å²) in [6.07, 6.45) is 3.05. The minimum absolute atomic E-state index is 0.0161. The van der Waals surface area contributed by atoms with Crippen LogP contribution in [0.25, 0.3) is 11.0 Å². The zero-order valence-electron chi connectivity index (χ0n) is 12.1. The minimum atomic E-state index is -0.0476. The summed E-state index contributed by atoms with van der Waals surface area (Å²) >= 11 is 0. The lowest BCUT2D eigenvalue weighted by Crippen LogP contribution is -2.20. The summed E-state index contributed by atoms with van der Waals surface area (Å²) in [7, 11) is 0. The fraction of sp³-hybridized carbons (Fsp3) is 0.400. The van der Waals surface area contributed by atoms with Gasteiger partial charge in [0, 0.05) is 19.9 Å². The molecule has 0 atom stereocenters. The van der Waals surface area contributed by atoms with Crippen molar-refractivity contribution in [2.45, 2.75) is 32.6 Å². The number of hydrogen-bond acceptors (Lipinski definition) is 3. The van der Waals surface area contributed by atoms with Gasteiger partial charge in [0.2, 0.25) is 17.8 Å². The number of nitrogens with one attached hydrogen (secondary N) is 3. The molecule has 0 bridgehead atoms. The van der Waals surface area contributed by atoms with E-state index in [2.05, 4.69) is 20.6 Å². The highest BCUT2D eigenvalue weighted by Crippen LogP contribution is 2.13. The zero-order chi connectivity index (χ0) is 15.1. The Bertz CT molecular complexity index is 588. The summed E-state index contributed by atoms with van der Waals surface area (Å²) < 4.78 is 0. The van der Waals surface area contributed by atoms with Crippen LogP contribution in [0.3, 0.4) is 0 Å². The Morgan fingerprint density at radius 1 is 1.19 bits per heavy atom. The highest BCUT2D eigenvalue weighted by atomic mass is 16.2. The monoisotopic (exact) mass is 288 g/mol. The Morgan fingerprint density at radius 2 is 2.00 bits per heavy atom. The summed E-state index contributed by atoms with van der Waals surface area (Å²) in [5, 5.41) is 5.50. The van der Waals surface area contributed by atoms with Gasteiger partial charge < -0.3 is 10.3 Å². The van der Waals surface area contributed by atoms with E-state index in [4.69, 9.17) is 0 Å². The fourth-order valence-electron chi connectivity index (χ4n) is 2.06. The van der Waals surface area contributed by atoms with E-state index in [1.165, 1.54) is 6.92 Å². The molecule has 0 saturated carbocycles. The van der Waals surface area contributed by atoms with Crippen LogP contribution in [0.5, 0.6) is 0 Å². The molecule has 0 radical (unpaired) electrons. The first-order chi connectivity index (χ1) is 10.1. The summed E-state index contributed by atoms with van der Waals surface area (Å²) in [5.74, 6) is 0.422. The van der Waals surface area contributed by atoms with Crippen LogP contribution in [0, 0.1) is 0 Å². The number of anilines is 1. The molecule has 0 spiro atoms. The van der Waals surface area contributed by atoms with Crippen molar-refractivity contribution in [2.75, 3.05) is 11.9 Å². The maximum atomic E-state index is 11.8. The van der Waals surface area contributed by atoms with Gasteiger partial charge in [0.1, 0.15) is 0 Å².